The zero-order valence-corrected chi connectivity index (χ0v) is 9.22. The van der Waals surface area contributed by atoms with E-state index < -0.39 is 0 Å². The first-order valence-electron chi connectivity index (χ1n) is 5.00. The van der Waals surface area contributed by atoms with Crippen LogP contribution in [-0.2, 0) is 9.53 Å². The molecule has 80 valence electrons. The third-order valence-electron chi connectivity index (χ3n) is 2.32. The van der Waals surface area contributed by atoms with Crippen LogP contribution in [0.15, 0.2) is 11.8 Å². The van der Waals surface area contributed by atoms with Crippen LogP contribution in [0.4, 0.5) is 0 Å². The van der Waals surface area contributed by atoms with Crippen LogP contribution in [0.3, 0.4) is 0 Å². The molecule has 0 saturated heterocycles. The van der Waals surface area contributed by atoms with Gasteiger partial charge in [-0.25, -0.2) is 0 Å². The van der Waals surface area contributed by atoms with Crippen LogP contribution >= 0.6 is 0 Å². The summed E-state index contributed by atoms with van der Waals surface area (Å²) in [5.74, 6) is 0.223. The Morgan fingerprint density at radius 1 is 1.50 bits per heavy atom. The van der Waals surface area contributed by atoms with E-state index in [0.29, 0.717) is 13.0 Å². The molecule has 0 atom stereocenters. The lowest BCUT2D eigenvalue weighted by Crippen LogP contribution is -2.29. The monoisotopic (exact) mass is 197 g/mol. The Bertz CT molecular complexity index is 244. The molecule has 1 aliphatic carbocycles. The molecular formula is C11H19NO2. The summed E-state index contributed by atoms with van der Waals surface area (Å²) in [6.07, 6.45) is 3.33. The number of ether oxygens (including phenoxy) is 1. The van der Waals surface area contributed by atoms with Gasteiger partial charge in [0.05, 0.1) is 6.61 Å². The highest BCUT2D eigenvalue weighted by Gasteiger charge is 2.27. The van der Waals surface area contributed by atoms with Gasteiger partial charge in [0, 0.05) is 31.8 Å². The molecule has 3 nitrogen and oxygen atoms in total. The molecule has 0 heterocycles. The first kappa shape index (κ1) is 11.2. The van der Waals surface area contributed by atoms with Crippen LogP contribution in [0.1, 0.15) is 26.7 Å². The van der Waals surface area contributed by atoms with Crippen molar-refractivity contribution in [1.82, 2.24) is 5.32 Å². The number of carbonyl (C=O) groups is 1. The number of ketones is 1. The summed E-state index contributed by atoms with van der Waals surface area (Å²) in [5, 5.41) is 3.22. The quantitative estimate of drug-likeness (QED) is 0.694. The summed E-state index contributed by atoms with van der Waals surface area (Å²) < 4.78 is 4.94. The van der Waals surface area contributed by atoms with Crippen molar-refractivity contribution in [2.75, 3.05) is 20.3 Å². The van der Waals surface area contributed by atoms with Crippen LogP contribution in [-0.4, -0.2) is 26.0 Å². The van der Waals surface area contributed by atoms with Gasteiger partial charge < -0.3 is 10.1 Å². The largest absolute Gasteiger partial charge is 0.386 e. The van der Waals surface area contributed by atoms with Crippen molar-refractivity contribution in [3.63, 3.8) is 0 Å². The third kappa shape index (κ3) is 3.50. The van der Waals surface area contributed by atoms with Crippen LogP contribution in [0, 0.1) is 5.41 Å². The standard InChI is InChI=1S/C11H19NO2/c1-11(2)7-9(6-10(13)8-11)12-4-5-14-3/h6,12H,4-5,7-8H2,1-3H3. The number of hydrogen-bond donors (Lipinski definition) is 1. The fourth-order valence-electron chi connectivity index (χ4n) is 1.77. The van der Waals surface area contributed by atoms with Crippen molar-refractivity contribution in [3.8, 4) is 0 Å². The second kappa shape index (κ2) is 4.60. The van der Waals surface area contributed by atoms with Gasteiger partial charge in [-0.1, -0.05) is 13.8 Å². The number of allylic oxidation sites excluding steroid dienone is 2. The van der Waals surface area contributed by atoms with E-state index in [-0.39, 0.29) is 11.2 Å². The lowest BCUT2D eigenvalue weighted by Gasteiger charge is -2.29. The summed E-state index contributed by atoms with van der Waals surface area (Å²) in [4.78, 5) is 11.4. The minimum Gasteiger partial charge on any atom is -0.386 e. The molecule has 0 aliphatic heterocycles. The number of rotatable bonds is 4. The Morgan fingerprint density at radius 2 is 2.21 bits per heavy atom. The number of hydrogen-bond acceptors (Lipinski definition) is 3. The Balaban J connectivity index is 2.48. The van der Waals surface area contributed by atoms with E-state index in [1.54, 1.807) is 13.2 Å². The second-order valence-corrected chi connectivity index (χ2v) is 4.57. The second-order valence-electron chi connectivity index (χ2n) is 4.57. The van der Waals surface area contributed by atoms with E-state index in [9.17, 15) is 4.79 Å². The SMILES string of the molecule is COCCNC1=CC(=O)CC(C)(C)C1. The van der Waals surface area contributed by atoms with Crippen molar-refractivity contribution >= 4 is 5.78 Å². The maximum absolute atomic E-state index is 11.4. The molecule has 0 aromatic rings. The zero-order chi connectivity index (χ0) is 10.6. The van der Waals surface area contributed by atoms with Gasteiger partial charge >= 0.3 is 0 Å². The Kier molecular flexibility index (Phi) is 3.69. The van der Waals surface area contributed by atoms with Crippen LogP contribution < -0.4 is 5.32 Å². The predicted molar refractivity (Wildman–Crippen MR) is 56.0 cm³/mol. The van der Waals surface area contributed by atoms with Crippen LogP contribution in [0.25, 0.3) is 0 Å². The molecule has 1 N–H and O–H groups in total. The lowest BCUT2D eigenvalue weighted by molar-refractivity contribution is -0.117. The summed E-state index contributed by atoms with van der Waals surface area (Å²) in [5.41, 5.74) is 1.14. The first-order valence-corrected chi connectivity index (χ1v) is 5.00. The highest BCUT2D eigenvalue weighted by atomic mass is 16.5. The fraction of sp³-hybridized carbons (Fsp3) is 0.727. The summed E-state index contributed by atoms with van der Waals surface area (Å²) in [7, 11) is 1.67. The maximum atomic E-state index is 11.4. The average molecular weight is 197 g/mol. The molecule has 14 heavy (non-hydrogen) atoms. The van der Waals surface area contributed by atoms with Crippen molar-refractivity contribution in [1.29, 1.82) is 0 Å². The van der Waals surface area contributed by atoms with E-state index in [1.165, 1.54) is 0 Å². The smallest absolute Gasteiger partial charge is 0.157 e. The molecule has 1 aliphatic rings. The Morgan fingerprint density at radius 3 is 2.79 bits per heavy atom. The topological polar surface area (TPSA) is 38.3 Å². The van der Waals surface area contributed by atoms with Gasteiger partial charge in [0.15, 0.2) is 5.78 Å². The molecule has 0 fully saturated rings. The number of nitrogens with one attached hydrogen (secondary N) is 1. The minimum atomic E-state index is 0.0985. The van der Waals surface area contributed by atoms with E-state index >= 15 is 0 Å². The van der Waals surface area contributed by atoms with Gasteiger partial charge in [-0.2, -0.15) is 0 Å². The van der Waals surface area contributed by atoms with E-state index in [4.69, 9.17) is 4.74 Å². The zero-order valence-electron chi connectivity index (χ0n) is 9.22. The highest BCUT2D eigenvalue weighted by Crippen LogP contribution is 2.32. The molecule has 0 saturated carbocycles. The molecule has 0 unspecified atom stereocenters. The van der Waals surface area contributed by atoms with E-state index in [0.717, 1.165) is 18.7 Å². The molecule has 0 amide bonds. The van der Waals surface area contributed by atoms with Crippen molar-refractivity contribution in [2.45, 2.75) is 26.7 Å². The molecule has 3 heteroatoms. The minimum absolute atomic E-state index is 0.0985. The maximum Gasteiger partial charge on any atom is 0.157 e. The van der Waals surface area contributed by atoms with Crippen molar-refractivity contribution < 1.29 is 9.53 Å². The van der Waals surface area contributed by atoms with Crippen molar-refractivity contribution in [2.24, 2.45) is 5.41 Å². The van der Waals surface area contributed by atoms with Gasteiger partial charge in [0.1, 0.15) is 0 Å². The molecule has 0 radical (unpaired) electrons. The summed E-state index contributed by atoms with van der Waals surface area (Å²) in [6.45, 7) is 5.68. The molecular weight excluding hydrogens is 178 g/mol. The van der Waals surface area contributed by atoms with Crippen molar-refractivity contribution in [3.05, 3.63) is 11.8 Å². The van der Waals surface area contributed by atoms with Gasteiger partial charge in [-0.05, 0) is 11.8 Å². The summed E-state index contributed by atoms with van der Waals surface area (Å²) in [6, 6.07) is 0. The van der Waals surface area contributed by atoms with Gasteiger partial charge in [0.2, 0.25) is 0 Å². The lowest BCUT2D eigenvalue weighted by atomic mass is 9.79. The highest BCUT2D eigenvalue weighted by molar-refractivity contribution is 5.91. The summed E-state index contributed by atoms with van der Waals surface area (Å²) >= 11 is 0. The molecule has 1 rings (SSSR count). The molecule has 0 bridgehead atoms. The normalized spacial score (nSPS) is 20.5. The molecule has 0 spiro atoms. The fourth-order valence-corrected chi connectivity index (χ4v) is 1.77. The van der Waals surface area contributed by atoms with Gasteiger partial charge in [0.25, 0.3) is 0 Å². The Hall–Kier alpha value is -0.830. The van der Waals surface area contributed by atoms with Crippen LogP contribution in [0.2, 0.25) is 0 Å². The predicted octanol–water partition coefficient (Wildman–Crippen LogP) is 1.50. The first-order chi connectivity index (χ1) is 6.53. The van der Waals surface area contributed by atoms with Gasteiger partial charge in [-0.3, -0.25) is 4.79 Å². The Labute approximate surface area is 85.5 Å². The third-order valence-corrected chi connectivity index (χ3v) is 2.32. The van der Waals surface area contributed by atoms with Crippen LogP contribution in [0.5, 0.6) is 0 Å². The van der Waals surface area contributed by atoms with E-state index in [2.05, 4.69) is 19.2 Å². The number of methoxy groups -OCH3 is 1. The van der Waals surface area contributed by atoms with Gasteiger partial charge in [-0.15, -0.1) is 0 Å². The molecule has 0 aromatic heterocycles. The van der Waals surface area contributed by atoms with E-state index in [1.807, 2.05) is 0 Å². The average Bonchev–Trinajstić information content (AvgIpc) is 2.00. The molecule has 0 aromatic carbocycles. The number of carbonyl (C=O) groups excluding carboxylic acids is 1.